The predicted octanol–water partition coefficient (Wildman–Crippen LogP) is 3.51. The molecule has 2 aromatic rings. The Balaban J connectivity index is 2.26. The van der Waals surface area contributed by atoms with E-state index < -0.39 is 15.6 Å². The first-order valence-corrected chi connectivity index (χ1v) is 9.83. The molecule has 0 aliphatic heterocycles. The number of nitrogens with zero attached hydrogens (tertiary/aromatic N) is 1. The molecule has 0 fully saturated rings. The van der Waals surface area contributed by atoms with Crippen molar-refractivity contribution in [3.63, 3.8) is 0 Å². The lowest BCUT2D eigenvalue weighted by Gasteiger charge is -2.21. The van der Waals surface area contributed by atoms with Crippen LogP contribution in [0.2, 0.25) is 0 Å². The second-order valence-corrected chi connectivity index (χ2v) is 9.02. The van der Waals surface area contributed by atoms with Crippen molar-refractivity contribution in [2.45, 2.75) is 37.8 Å². The van der Waals surface area contributed by atoms with E-state index in [0.29, 0.717) is 4.47 Å². The van der Waals surface area contributed by atoms with Crippen LogP contribution >= 0.6 is 15.9 Å². The second kappa shape index (κ2) is 7.72. The minimum absolute atomic E-state index is 0.00897. The van der Waals surface area contributed by atoms with Gasteiger partial charge in [-0.1, -0.05) is 12.1 Å². The van der Waals surface area contributed by atoms with Crippen LogP contribution < -0.4 is 14.2 Å². The van der Waals surface area contributed by atoms with Crippen LogP contribution in [-0.2, 0) is 16.6 Å². The molecule has 0 spiro atoms. The van der Waals surface area contributed by atoms with E-state index in [2.05, 4.69) is 25.6 Å². The Bertz CT molecular complexity index is 831. The average Bonchev–Trinajstić information content (AvgIpc) is 2.52. The SMILES string of the molecule is COc1ccc(COc2ncc(Br)cc2S(=O)(=O)NC(C)(C)C)cc1. The summed E-state index contributed by atoms with van der Waals surface area (Å²) in [6.07, 6.45) is 1.50. The highest BCUT2D eigenvalue weighted by Gasteiger charge is 2.26. The van der Waals surface area contributed by atoms with Gasteiger partial charge in [0.15, 0.2) is 0 Å². The van der Waals surface area contributed by atoms with Crippen molar-refractivity contribution in [1.29, 1.82) is 0 Å². The molecule has 0 atom stereocenters. The summed E-state index contributed by atoms with van der Waals surface area (Å²) in [6.45, 7) is 5.51. The van der Waals surface area contributed by atoms with Gasteiger partial charge < -0.3 is 9.47 Å². The van der Waals surface area contributed by atoms with Gasteiger partial charge in [-0.2, -0.15) is 0 Å². The number of sulfonamides is 1. The molecular weight excluding hydrogens is 408 g/mol. The van der Waals surface area contributed by atoms with E-state index in [1.165, 1.54) is 12.3 Å². The van der Waals surface area contributed by atoms with Gasteiger partial charge in [0.25, 0.3) is 0 Å². The molecule has 0 radical (unpaired) electrons. The largest absolute Gasteiger partial charge is 0.497 e. The van der Waals surface area contributed by atoms with Gasteiger partial charge in [-0.05, 0) is 60.5 Å². The smallest absolute Gasteiger partial charge is 0.246 e. The van der Waals surface area contributed by atoms with Crippen molar-refractivity contribution in [3.05, 3.63) is 46.6 Å². The molecule has 1 aromatic carbocycles. The Morgan fingerprint density at radius 2 is 1.84 bits per heavy atom. The van der Waals surface area contributed by atoms with E-state index in [4.69, 9.17) is 9.47 Å². The quantitative estimate of drug-likeness (QED) is 0.761. The molecule has 0 amide bonds. The molecule has 6 nitrogen and oxygen atoms in total. The van der Waals surface area contributed by atoms with Crippen LogP contribution in [0.5, 0.6) is 11.6 Å². The van der Waals surface area contributed by atoms with Crippen LogP contribution in [0.15, 0.2) is 45.9 Å². The van der Waals surface area contributed by atoms with Gasteiger partial charge in [0.05, 0.1) is 7.11 Å². The summed E-state index contributed by atoms with van der Waals surface area (Å²) in [5, 5.41) is 0. The third-order valence-corrected chi connectivity index (χ3v) is 5.24. The highest BCUT2D eigenvalue weighted by Crippen LogP contribution is 2.26. The van der Waals surface area contributed by atoms with Gasteiger partial charge in [0.2, 0.25) is 15.9 Å². The first-order valence-electron chi connectivity index (χ1n) is 7.56. The normalized spacial score (nSPS) is 12.0. The van der Waals surface area contributed by atoms with Crippen LogP contribution in [0.1, 0.15) is 26.3 Å². The number of halogens is 1. The minimum Gasteiger partial charge on any atom is -0.497 e. The van der Waals surface area contributed by atoms with Crippen molar-refractivity contribution < 1.29 is 17.9 Å². The van der Waals surface area contributed by atoms with Crippen molar-refractivity contribution >= 4 is 26.0 Å². The molecule has 0 saturated carbocycles. The number of methoxy groups -OCH3 is 1. The molecule has 8 heteroatoms. The van der Waals surface area contributed by atoms with E-state index in [1.54, 1.807) is 27.9 Å². The summed E-state index contributed by atoms with van der Waals surface area (Å²) in [5.41, 5.74) is 0.256. The second-order valence-electron chi connectivity index (χ2n) is 6.45. The monoisotopic (exact) mass is 428 g/mol. The number of ether oxygens (including phenoxy) is 2. The van der Waals surface area contributed by atoms with E-state index in [-0.39, 0.29) is 17.4 Å². The molecule has 0 bridgehead atoms. The number of rotatable bonds is 6. The molecule has 0 saturated heterocycles. The highest BCUT2D eigenvalue weighted by molar-refractivity contribution is 9.10. The maximum absolute atomic E-state index is 12.6. The van der Waals surface area contributed by atoms with Gasteiger partial charge in [0.1, 0.15) is 17.3 Å². The fraction of sp³-hybridized carbons (Fsp3) is 0.353. The zero-order chi connectivity index (χ0) is 18.7. The van der Waals surface area contributed by atoms with Crippen LogP contribution in [-0.4, -0.2) is 26.1 Å². The summed E-state index contributed by atoms with van der Waals surface area (Å²) in [4.78, 5) is 4.10. The Hall–Kier alpha value is -1.64. The fourth-order valence-corrected chi connectivity index (χ4v) is 4.06. The maximum Gasteiger partial charge on any atom is 0.246 e. The van der Waals surface area contributed by atoms with Gasteiger partial charge in [0, 0.05) is 16.2 Å². The lowest BCUT2D eigenvalue weighted by atomic mass is 10.1. The number of benzene rings is 1. The molecule has 1 N–H and O–H groups in total. The number of aromatic nitrogens is 1. The summed E-state index contributed by atoms with van der Waals surface area (Å²) >= 11 is 3.26. The topological polar surface area (TPSA) is 77.5 Å². The fourth-order valence-electron chi connectivity index (χ4n) is 2.04. The first kappa shape index (κ1) is 19.7. The van der Waals surface area contributed by atoms with Crippen molar-refractivity contribution in [2.75, 3.05) is 7.11 Å². The van der Waals surface area contributed by atoms with Crippen molar-refractivity contribution in [1.82, 2.24) is 9.71 Å². The molecule has 0 aliphatic rings. The average molecular weight is 429 g/mol. The summed E-state index contributed by atoms with van der Waals surface area (Å²) in [6, 6.07) is 8.79. The predicted molar refractivity (Wildman–Crippen MR) is 99.3 cm³/mol. The maximum atomic E-state index is 12.6. The Morgan fingerprint density at radius 3 is 2.40 bits per heavy atom. The summed E-state index contributed by atoms with van der Waals surface area (Å²) in [5.74, 6) is 0.791. The molecule has 136 valence electrons. The van der Waals surface area contributed by atoms with E-state index in [0.717, 1.165) is 11.3 Å². The van der Waals surface area contributed by atoms with Crippen molar-refractivity contribution in [3.8, 4) is 11.6 Å². The van der Waals surface area contributed by atoms with Crippen LogP contribution in [0, 0.1) is 0 Å². The molecule has 0 unspecified atom stereocenters. The van der Waals surface area contributed by atoms with Gasteiger partial charge in [-0.25, -0.2) is 18.1 Å². The summed E-state index contributed by atoms with van der Waals surface area (Å²) < 4.78 is 39.2. The standard InChI is InChI=1S/C17H21BrN2O4S/c1-17(2,3)20-25(21,22)15-9-13(18)10-19-16(15)24-11-12-5-7-14(23-4)8-6-12/h5-10,20H,11H2,1-4H3. The highest BCUT2D eigenvalue weighted by atomic mass is 79.9. The Kier molecular flexibility index (Phi) is 6.08. The zero-order valence-corrected chi connectivity index (χ0v) is 16.9. The van der Waals surface area contributed by atoms with E-state index in [1.807, 2.05) is 24.3 Å². The lowest BCUT2D eigenvalue weighted by molar-refractivity contribution is 0.284. The Morgan fingerprint density at radius 1 is 1.20 bits per heavy atom. The Labute approximate surface area is 156 Å². The number of pyridine rings is 1. The van der Waals surface area contributed by atoms with Gasteiger partial charge in [-0.15, -0.1) is 0 Å². The minimum atomic E-state index is -3.77. The number of hydrogen-bond donors (Lipinski definition) is 1. The van der Waals surface area contributed by atoms with Gasteiger partial charge >= 0.3 is 0 Å². The number of nitrogens with one attached hydrogen (secondary N) is 1. The van der Waals surface area contributed by atoms with Gasteiger partial charge in [-0.3, -0.25) is 0 Å². The third kappa shape index (κ3) is 5.69. The van der Waals surface area contributed by atoms with Crippen LogP contribution in [0.25, 0.3) is 0 Å². The zero-order valence-electron chi connectivity index (χ0n) is 14.5. The molecule has 1 aromatic heterocycles. The molecule has 0 aliphatic carbocycles. The van der Waals surface area contributed by atoms with E-state index in [9.17, 15) is 8.42 Å². The van der Waals surface area contributed by atoms with Crippen LogP contribution in [0.3, 0.4) is 0 Å². The molecule has 25 heavy (non-hydrogen) atoms. The van der Waals surface area contributed by atoms with Crippen molar-refractivity contribution in [2.24, 2.45) is 0 Å². The van der Waals surface area contributed by atoms with Crippen LogP contribution in [0.4, 0.5) is 0 Å². The molecule has 1 heterocycles. The summed E-state index contributed by atoms with van der Waals surface area (Å²) in [7, 11) is -2.18. The molecule has 2 rings (SSSR count). The lowest BCUT2D eigenvalue weighted by Crippen LogP contribution is -2.40. The third-order valence-electron chi connectivity index (χ3n) is 3.05. The first-order chi connectivity index (χ1) is 11.6. The number of hydrogen-bond acceptors (Lipinski definition) is 5. The molecular formula is C17H21BrN2O4S. The van der Waals surface area contributed by atoms with E-state index >= 15 is 0 Å².